The van der Waals surface area contributed by atoms with Crippen LogP contribution in [0.25, 0.3) is 28.3 Å². The van der Waals surface area contributed by atoms with Gasteiger partial charge in [0.2, 0.25) is 0 Å². The number of anilines is 1. The van der Waals surface area contributed by atoms with Gasteiger partial charge < -0.3 is 5.32 Å². The first-order chi connectivity index (χ1) is 15.1. The van der Waals surface area contributed by atoms with Crippen molar-refractivity contribution in [2.45, 2.75) is 13.8 Å². The third-order valence-corrected chi connectivity index (χ3v) is 5.80. The lowest BCUT2D eigenvalue weighted by atomic mass is 10.1. The predicted molar refractivity (Wildman–Crippen MR) is 119 cm³/mol. The molecular formula is C22H17N7OS. The third kappa shape index (κ3) is 3.66. The van der Waals surface area contributed by atoms with Gasteiger partial charge in [0.05, 0.1) is 16.4 Å². The van der Waals surface area contributed by atoms with E-state index in [0.29, 0.717) is 22.0 Å². The van der Waals surface area contributed by atoms with E-state index in [1.165, 1.54) is 11.3 Å². The molecule has 0 aliphatic rings. The number of aryl methyl sites for hydroxylation is 2. The average molecular weight is 427 g/mol. The van der Waals surface area contributed by atoms with Crippen LogP contribution in [-0.4, -0.2) is 35.7 Å². The number of pyridine rings is 1. The fraction of sp³-hybridized carbons (Fsp3) is 0.0909. The first-order valence-corrected chi connectivity index (χ1v) is 10.4. The van der Waals surface area contributed by atoms with Gasteiger partial charge in [-0.05, 0) is 50.2 Å². The number of thiazole rings is 1. The van der Waals surface area contributed by atoms with Crippen molar-refractivity contribution in [2.24, 2.45) is 0 Å². The average Bonchev–Trinajstić information content (AvgIpc) is 3.36. The van der Waals surface area contributed by atoms with Crippen LogP contribution in [0.3, 0.4) is 0 Å². The predicted octanol–water partition coefficient (Wildman–Crippen LogP) is 4.18. The van der Waals surface area contributed by atoms with Gasteiger partial charge in [-0.15, -0.1) is 21.5 Å². The van der Waals surface area contributed by atoms with E-state index in [0.717, 1.165) is 27.5 Å². The summed E-state index contributed by atoms with van der Waals surface area (Å²) in [5, 5.41) is 16.9. The highest BCUT2D eigenvalue weighted by atomic mass is 32.1. The summed E-state index contributed by atoms with van der Waals surface area (Å²) >= 11 is 1.39. The van der Waals surface area contributed by atoms with Crippen LogP contribution < -0.4 is 5.32 Å². The molecule has 4 heterocycles. The normalized spacial score (nSPS) is 11.0. The van der Waals surface area contributed by atoms with E-state index >= 15 is 0 Å². The van der Waals surface area contributed by atoms with Gasteiger partial charge in [-0.2, -0.15) is 9.61 Å². The van der Waals surface area contributed by atoms with Gasteiger partial charge in [-0.1, -0.05) is 12.1 Å². The second-order valence-corrected chi connectivity index (χ2v) is 8.14. The lowest BCUT2D eigenvalue weighted by Gasteiger charge is -2.07. The maximum absolute atomic E-state index is 12.5. The lowest BCUT2D eigenvalue weighted by molar-refractivity contribution is 0.103. The molecule has 9 heteroatoms. The SMILES string of the molecule is Cc1nc(C)c(C(=O)Nc2ccc(-c3ccc4nnc(-c5cccnc5)n4n3)cc2)s1. The van der Waals surface area contributed by atoms with Crippen LogP contribution >= 0.6 is 11.3 Å². The highest BCUT2D eigenvalue weighted by molar-refractivity contribution is 7.13. The zero-order valence-corrected chi connectivity index (χ0v) is 17.6. The Morgan fingerprint density at radius 2 is 1.84 bits per heavy atom. The second-order valence-electron chi connectivity index (χ2n) is 6.93. The summed E-state index contributed by atoms with van der Waals surface area (Å²) < 4.78 is 1.71. The molecule has 0 spiro atoms. The van der Waals surface area contributed by atoms with Crippen molar-refractivity contribution in [2.75, 3.05) is 5.32 Å². The zero-order valence-electron chi connectivity index (χ0n) is 16.8. The van der Waals surface area contributed by atoms with E-state index in [4.69, 9.17) is 5.10 Å². The number of amides is 1. The molecule has 0 atom stereocenters. The van der Waals surface area contributed by atoms with Crippen LogP contribution in [0, 0.1) is 13.8 Å². The van der Waals surface area contributed by atoms with E-state index in [1.54, 1.807) is 16.9 Å². The van der Waals surface area contributed by atoms with E-state index in [-0.39, 0.29) is 5.91 Å². The fourth-order valence-corrected chi connectivity index (χ4v) is 4.09. The summed E-state index contributed by atoms with van der Waals surface area (Å²) in [7, 11) is 0. The highest BCUT2D eigenvalue weighted by Gasteiger charge is 2.14. The van der Waals surface area contributed by atoms with Gasteiger partial charge in [-0.3, -0.25) is 9.78 Å². The Hall–Kier alpha value is -3.98. The molecule has 152 valence electrons. The Morgan fingerprint density at radius 1 is 1.00 bits per heavy atom. The maximum Gasteiger partial charge on any atom is 0.267 e. The summed E-state index contributed by atoms with van der Waals surface area (Å²) in [4.78, 5) is 21.6. The maximum atomic E-state index is 12.5. The van der Waals surface area contributed by atoms with Gasteiger partial charge in [0.1, 0.15) is 4.88 Å². The second kappa shape index (κ2) is 7.69. The molecule has 0 saturated carbocycles. The summed E-state index contributed by atoms with van der Waals surface area (Å²) in [6.45, 7) is 3.73. The Kier molecular flexibility index (Phi) is 4.72. The Bertz CT molecular complexity index is 1390. The first kappa shape index (κ1) is 19.0. The van der Waals surface area contributed by atoms with Crippen molar-refractivity contribution in [3.05, 3.63) is 76.5 Å². The van der Waals surface area contributed by atoms with Gasteiger partial charge in [0.15, 0.2) is 11.5 Å². The smallest absolute Gasteiger partial charge is 0.267 e. The Morgan fingerprint density at radius 3 is 2.55 bits per heavy atom. The van der Waals surface area contributed by atoms with Gasteiger partial charge >= 0.3 is 0 Å². The van der Waals surface area contributed by atoms with Crippen molar-refractivity contribution >= 4 is 28.6 Å². The van der Waals surface area contributed by atoms with Crippen molar-refractivity contribution in [1.82, 2.24) is 29.8 Å². The summed E-state index contributed by atoms with van der Waals surface area (Å²) in [6, 6.07) is 15.1. The van der Waals surface area contributed by atoms with Crippen LogP contribution in [0.5, 0.6) is 0 Å². The lowest BCUT2D eigenvalue weighted by Crippen LogP contribution is -2.11. The molecule has 31 heavy (non-hydrogen) atoms. The minimum atomic E-state index is -0.152. The quantitative estimate of drug-likeness (QED) is 0.462. The number of nitrogens with zero attached hydrogens (tertiary/aromatic N) is 6. The molecule has 1 amide bonds. The van der Waals surface area contributed by atoms with Crippen LogP contribution in [0.1, 0.15) is 20.4 Å². The number of benzene rings is 1. The molecule has 0 radical (unpaired) electrons. The van der Waals surface area contributed by atoms with Crippen molar-refractivity contribution in [3.63, 3.8) is 0 Å². The molecule has 0 aliphatic carbocycles. The van der Waals surface area contributed by atoms with E-state index < -0.39 is 0 Å². The highest BCUT2D eigenvalue weighted by Crippen LogP contribution is 2.23. The minimum Gasteiger partial charge on any atom is -0.321 e. The number of carbonyl (C=O) groups excluding carboxylic acids is 1. The standard InChI is InChI=1S/C22H17N7OS/c1-13-20(31-14(2)24-13)22(30)25-17-7-5-15(6-8-17)18-9-10-19-26-27-21(29(19)28-18)16-4-3-11-23-12-16/h3-12H,1-2H3,(H,25,30). The van der Waals surface area contributed by atoms with Crippen LogP contribution in [0.15, 0.2) is 60.9 Å². The van der Waals surface area contributed by atoms with Gasteiger partial charge in [0.25, 0.3) is 5.91 Å². The molecule has 4 aromatic heterocycles. The van der Waals surface area contributed by atoms with E-state index in [9.17, 15) is 4.79 Å². The number of rotatable bonds is 4. The van der Waals surface area contributed by atoms with Gasteiger partial charge in [-0.25, -0.2) is 4.98 Å². The summed E-state index contributed by atoms with van der Waals surface area (Å²) in [5.41, 5.74) is 4.63. The molecule has 1 N–H and O–H groups in total. The molecule has 8 nitrogen and oxygen atoms in total. The Labute approximate surface area is 181 Å². The fourth-order valence-electron chi connectivity index (χ4n) is 3.27. The van der Waals surface area contributed by atoms with Crippen molar-refractivity contribution < 1.29 is 4.79 Å². The molecule has 5 rings (SSSR count). The van der Waals surface area contributed by atoms with Crippen LogP contribution in [0.2, 0.25) is 0 Å². The largest absolute Gasteiger partial charge is 0.321 e. The number of aromatic nitrogens is 6. The summed E-state index contributed by atoms with van der Waals surface area (Å²) in [5.74, 6) is 0.477. The van der Waals surface area contributed by atoms with Gasteiger partial charge in [0, 0.05) is 29.2 Å². The molecule has 5 aromatic rings. The molecule has 0 fully saturated rings. The number of hydrogen-bond donors (Lipinski definition) is 1. The van der Waals surface area contributed by atoms with Crippen molar-refractivity contribution in [1.29, 1.82) is 0 Å². The monoisotopic (exact) mass is 427 g/mol. The number of fused-ring (bicyclic) bond motifs is 1. The van der Waals surface area contributed by atoms with Crippen molar-refractivity contribution in [3.8, 4) is 22.6 Å². The van der Waals surface area contributed by atoms with Crippen LogP contribution in [0.4, 0.5) is 5.69 Å². The molecule has 1 aromatic carbocycles. The summed E-state index contributed by atoms with van der Waals surface area (Å²) in [6.07, 6.45) is 3.44. The number of hydrogen-bond acceptors (Lipinski definition) is 7. The number of nitrogens with one attached hydrogen (secondary N) is 1. The topological polar surface area (TPSA) is 98.0 Å². The van der Waals surface area contributed by atoms with E-state index in [2.05, 4.69) is 25.5 Å². The number of carbonyl (C=O) groups is 1. The molecule has 0 unspecified atom stereocenters. The molecule has 0 aliphatic heterocycles. The molecular weight excluding hydrogens is 410 g/mol. The zero-order chi connectivity index (χ0) is 21.4. The first-order valence-electron chi connectivity index (χ1n) is 9.57. The third-order valence-electron chi connectivity index (χ3n) is 4.73. The van der Waals surface area contributed by atoms with Crippen LogP contribution in [-0.2, 0) is 0 Å². The Balaban J connectivity index is 1.42. The molecule has 0 bridgehead atoms. The van der Waals surface area contributed by atoms with E-state index in [1.807, 2.05) is 62.4 Å². The molecule has 0 saturated heterocycles. The minimum absolute atomic E-state index is 0.152.